The van der Waals surface area contributed by atoms with Gasteiger partial charge < -0.3 is 29.8 Å². The van der Waals surface area contributed by atoms with Gasteiger partial charge >= 0.3 is 0 Å². The summed E-state index contributed by atoms with van der Waals surface area (Å²) < 4.78 is 11.1. The van der Waals surface area contributed by atoms with Crippen molar-refractivity contribution in [1.29, 1.82) is 0 Å². The maximum atomic E-state index is 12.6. The molecular weight excluding hydrogens is 398 g/mol. The third-order valence-corrected chi connectivity index (χ3v) is 4.63. The second-order valence-electron chi connectivity index (χ2n) is 6.86. The monoisotopic (exact) mass is 420 g/mol. The maximum absolute atomic E-state index is 12.6. The van der Waals surface area contributed by atoms with Crippen molar-refractivity contribution in [2.75, 3.05) is 7.11 Å². The summed E-state index contributed by atoms with van der Waals surface area (Å²) in [5, 5.41) is 23.3. The molecular formula is C24H22NO6-. The van der Waals surface area contributed by atoms with Gasteiger partial charge in [-0.15, -0.1) is 0 Å². The third-order valence-electron chi connectivity index (χ3n) is 4.63. The molecule has 0 heterocycles. The highest BCUT2D eigenvalue weighted by Gasteiger charge is 2.17. The van der Waals surface area contributed by atoms with Crippen molar-refractivity contribution in [3.05, 3.63) is 89.5 Å². The zero-order valence-corrected chi connectivity index (χ0v) is 16.9. The van der Waals surface area contributed by atoms with Crippen LogP contribution in [0.1, 0.15) is 21.5 Å². The lowest BCUT2D eigenvalue weighted by Gasteiger charge is -2.20. The number of carboxylic acids is 1. The maximum Gasteiger partial charge on any atom is 0.251 e. The molecule has 3 aromatic rings. The fraction of sp³-hybridized carbons (Fsp3) is 0.167. The number of aromatic hydroxyl groups is 1. The molecule has 0 fully saturated rings. The van der Waals surface area contributed by atoms with Crippen molar-refractivity contribution in [3.63, 3.8) is 0 Å². The number of hydrogen-bond acceptors (Lipinski definition) is 6. The van der Waals surface area contributed by atoms with E-state index in [1.807, 2.05) is 30.3 Å². The van der Waals surface area contributed by atoms with E-state index in [0.717, 1.165) is 5.56 Å². The Kier molecular flexibility index (Phi) is 7.11. The number of ether oxygens (including phenoxy) is 2. The van der Waals surface area contributed by atoms with E-state index in [0.29, 0.717) is 23.7 Å². The van der Waals surface area contributed by atoms with Gasteiger partial charge in [-0.1, -0.05) is 42.5 Å². The van der Waals surface area contributed by atoms with Gasteiger partial charge in [-0.2, -0.15) is 0 Å². The van der Waals surface area contributed by atoms with E-state index in [9.17, 15) is 19.8 Å². The number of aliphatic carboxylic acids is 1. The Bertz CT molecular complexity index is 1030. The molecule has 0 saturated heterocycles. The van der Waals surface area contributed by atoms with Crippen LogP contribution in [-0.4, -0.2) is 30.1 Å². The number of phenols is 1. The quantitative estimate of drug-likeness (QED) is 0.549. The summed E-state index contributed by atoms with van der Waals surface area (Å²) in [4.78, 5) is 24.1. The molecule has 3 rings (SSSR count). The van der Waals surface area contributed by atoms with Crippen LogP contribution < -0.4 is 19.9 Å². The smallest absolute Gasteiger partial charge is 0.251 e. The van der Waals surface area contributed by atoms with Crippen molar-refractivity contribution in [1.82, 2.24) is 5.32 Å². The van der Waals surface area contributed by atoms with Crippen LogP contribution in [-0.2, 0) is 17.8 Å². The topological polar surface area (TPSA) is 108 Å². The van der Waals surface area contributed by atoms with Crippen LogP contribution in [0.3, 0.4) is 0 Å². The highest BCUT2D eigenvalue weighted by Crippen LogP contribution is 2.29. The number of amides is 1. The summed E-state index contributed by atoms with van der Waals surface area (Å²) in [6.07, 6.45) is 0.0176. The Hall–Kier alpha value is -4.00. The van der Waals surface area contributed by atoms with Gasteiger partial charge in [0.25, 0.3) is 5.91 Å². The molecule has 2 N–H and O–H groups in total. The average molecular weight is 420 g/mol. The summed E-state index contributed by atoms with van der Waals surface area (Å²) in [6.45, 7) is 0.335. The first-order chi connectivity index (χ1) is 15.0. The van der Waals surface area contributed by atoms with E-state index >= 15 is 0 Å². The summed E-state index contributed by atoms with van der Waals surface area (Å²) in [7, 11) is 1.46. The van der Waals surface area contributed by atoms with Crippen molar-refractivity contribution in [2.45, 2.75) is 19.1 Å². The second kappa shape index (κ2) is 10.2. The van der Waals surface area contributed by atoms with E-state index in [4.69, 9.17) is 9.47 Å². The lowest BCUT2D eigenvalue weighted by molar-refractivity contribution is -0.308. The van der Waals surface area contributed by atoms with E-state index in [1.165, 1.54) is 31.4 Å². The van der Waals surface area contributed by atoms with Gasteiger partial charge in [-0.05, 0) is 47.9 Å². The lowest BCUT2D eigenvalue weighted by atomic mass is 10.1. The molecule has 0 saturated carbocycles. The Morgan fingerprint density at radius 2 is 1.68 bits per heavy atom. The number of benzene rings is 3. The van der Waals surface area contributed by atoms with Crippen LogP contribution in [0.5, 0.6) is 17.2 Å². The first-order valence-corrected chi connectivity index (χ1v) is 9.60. The minimum atomic E-state index is -1.41. The summed E-state index contributed by atoms with van der Waals surface area (Å²) in [5.74, 6) is -1.10. The van der Waals surface area contributed by atoms with Crippen molar-refractivity contribution in [3.8, 4) is 17.2 Å². The highest BCUT2D eigenvalue weighted by atomic mass is 16.5. The molecule has 3 aromatic carbocycles. The van der Waals surface area contributed by atoms with Gasteiger partial charge in [0.05, 0.1) is 19.1 Å². The fourth-order valence-corrected chi connectivity index (χ4v) is 2.97. The van der Waals surface area contributed by atoms with Crippen molar-refractivity contribution < 1.29 is 29.3 Å². The first kappa shape index (κ1) is 21.7. The molecule has 0 unspecified atom stereocenters. The number of phenolic OH excluding ortho intramolecular Hbond substituents is 1. The third kappa shape index (κ3) is 5.99. The zero-order chi connectivity index (χ0) is 22.2. The van der Waals surface area contributed by atoms with Gasteiger partial charge in [0.15, 0.2) is 11.5 Å². The number of carbonyl (C=O) groups excluding carboxylic acids is 2. The van der Waals surface area contributed by atoms with Crippen molar-refractivity contribution in [2.24, 2.45) is 0 Å². The molecule has 0 bridgehead atoms. The highest BCUT2D eigenvalue weighted by molar-refractivity contribution is 5.97. The predicted octanol–water partition coefficient (Wildman–Crippen LogP) is 2.07. The SMILES string of the molecule is COc1cc(C(=O)N[C@@H](Cc2ccc(O)cc2)C(=O)[O-])ccc1OCc1ccccc1. The average Bonchev–Trinajstić information content (AvgIpc) is 2.79. The normalized spacial score (nSPS) is 11.4. The van der Waals surface area contributed by atoms with Gasteiger partial charge in [-0.25, -0.2) is 0 Å². The van der Waals surface area contributed by atoms with Crippen LogP contribution in [0.25, 0.3) is 0 Å². The largest absolute Gasteiger partial charge is 0.548 e. The Morgan fingerprint density at radius 3 is 2.32 bits per heavy atom. The van der Waals surface area contributed by atoms with E-state index in [1.54, 1.807) is 18.2 Å². The van der Waals surface area contributed by atoms with Gasteiger partial charge in [0.2, 0.25) is 0 Å². The Labute approximate surface area is 179 Å². The van der Waals surface area contributed by atoms with Crippen molar-refractivity contribution >= 4 is 11.9 Å². The van der Waals surface area contributed by atoms with Gasteiger partial charge in [0, 0.05) is 5.56 Å². The van der Waals surface area contributed by atoms with Crippen LogP contribution in [0, 0.1) is 0 Å². The van der Waals surface area contributed by atoms with Crippen LogP contribution in [0.4, 0.5) is 0 Å². The fourth-order valence-electron chi connectivity index (χ4n) is 2.97. The summed E-state index contributed by atoms with van der Waals surface area (Å²) in [6, 6.07) is 19.0. The van der Waals surface area contributed by atoms with E-state index < -0.39 is 17.9 Å². The molecule has 7 heteroatoms. The van der Waals surface area contributed by atoms with Gasteiger partial charge in [-0.3, -0.25) is 4.79 Å². The molecule has 7 nitrogen and oxygen atoms in total. The molecule has 31 heavy (non-hydrogen) atoms. The van der Waals surface area contributed by atoms with E-state index in [-0.39, 0.29) is 17.7 Å². The number of methoxy groups -OCH3 is 1. The lowest BCUT2D eigenvalue weighted by Crippen LogP contribution is -2.49. The molecule has 0 radical (unpaired) electrons. The minimum absolute atomic E-state index is 0.0176. The number of nitrogens with one attached hydrogen (secondary N) is 1. The Balaban J connectivity index is 1.69. The minimum Gasteiger partial charge on any atom is -0.548 e. The second-order valence-corrected chi connectivity index (χ2v) is 6.86. The van der Waals surface area contributed by atoms with Gasteiger partial charge in [0.1, 0.15) is 12.4 Å². The number of carbonyl (C=O) groups is 2. The van der Waals surface area contributed by atoms with Crippen LogP contribution in [0.15, 0.2) is 72.8 Å². The number of hydrogen-bond donors (Lipinski definition) is 2. The predicted molar refractivity (Wildman–Crippen MR) is 112 cm³/mol. The molecule has 0 spiro atoms. The standard InChI is InChI=1S/C24H23NO6/c1-30-22-14-18(9-12-21(22)31-15-17-5-3-2-4-6-17)23(27)25-20(24(28)29)13-16-7-10-19(26)11-8-16/h2-12,14,20,26H,13,15H2,1H3,(H,25,27)(H,28,29)/p-1/t20-/m0/s1. The summed E-state index contributed by atoms with van der Waals surface area (Å²) in [5.41, 5.74) is 1.84. The number of rotatable bonds is 9. The zero-order valence-electron chi connectivity index (χ0n) is 16.9. The molecule has 160 valence electrons. The van der Waals surface area contributed by atoms with Crippen LogP contribution >= 0.6 is 0 Å². The number of carboxylic acid groups (broad SMARTS) is 1. The molecule has 0 aromatic heterocycles. The molecule has 0 aliphatic carbocycles. The molecule has 0 aliphatic heterocycles. The first-order valence-electron chi connectivity index (χ1n) is 9.60. The summed E-state index contributed by atoms with van der Waals surface area (Å²) >= 11 is 0. The van der Waals surface area contributed by atoms with Crippen LogP contribution in [0.2, 0.25) is 0 Å². The molecule has 1 atom stereocenters. The molecule has 1 amide bonds. The molecule has 0 aliphatic rings. The Morgan fingerprint density at radius 1 is 0.968 bits per heavy atom. The van der Waals surface area contributed by atoms with E-state index in [2.05, 4.69) is 5.32 Å².